The first-order valence-corrected chi connectivity index (χ1v) is 6.57. The zero-order chi connectivity index (χ0) is 12.7. The number of nitrogens with zero attached hydrogens (tertiary/aromatic N) is 2. The number of hydrogen-bond donors (Lipinski definition) is 0. The predicted molar refractivity (Wildman–Crippen MR) is 71.3 cm³/mol. The molecule has 92 valence electrons. The summed E-state index contributed by atoms with van der Waals surface area (Å²) in [4.78, 5) is 17.0. The van der Waals surface area contributed by atoms with Crippen molar-refractivity contribution in [1.29, 1.82) is 0 Å². The van der Waals surface area contributed by atoms with Crippen LogP contribution in [0.4, 0.5) is 0 Å². The number of thiazole rings is 1. The van der Waals surface area contributed by atoms with Gasteiger partial charge in [0.25, 0.3) is 0 Å². The van der Waals surface area contributed by atoms with E-state index >= 15 is 0 Å². The van der Waals surface area contributed by atoms with Gasteiger partial charge in [-0.15, -0.1) is 0 Å². The zero-order valence-electron chi connectivity index (χ0n) is 10.1. The molecule has 0 saturated carbocycles. The molecule has 0 fully saturated rings. The maximum absolute atomic E-state index is 11.8. The molecule has 5 heteroatoms. The molecule has 2 aromatic heterocycles. The summed E-state index contributed by atoms with van der Waals surface area (Å²) < 4.78 is 8.18. The smallest absolute Gasteiger partial charge is 0.358 e. The van der Waals surface area contributed by atoms with Crippen LogP contribution in [0.1, 0.15) is 23.1 Å². The van der Waals surface area contributed by atoms with Crippen LogP contribution in [0.25, 0.3) is 15.2 Å². The lowest BCUT2D eigenvalue weighted by molar-refractivity contribution is 0.0519. The topological polar surface area (TPSA) is 43.6 Å². The summed E-state index contributed by atoms with van der Waals surface area (Å²) in [7, 11) is 0. The molecule has 18 heavy (non-hydrogen) atoms. The normalized spacial score (nSPS) is 11.2. The summed E-state index contributed by atoms with van der Waals surface area (Å²) in [6.07, 6.45) is 0. The van der Waals surface area contributed by atoms with Gasteiger partial charge in [0.2, 0.25) is 0 Å². The molecule has 0 spiro atoms. The number of aryl methyl sites for hydroxylation is 1. The minimum atomic E-state index is -0.352. The maximum atomic E-state index is 11.8. The van der Waals surface area contributed by atoms with Gasteiger partial charge in [-0.3, -0.25) is 4.40 Å². The molecule has 4 nitrogen and oxygen atoms in total. The van der Waals surface area contributed by atoms with Crippen molar-refractivity contribution in [3.8, 4) is 0 Å². The molecule has 1 aromatic carbocycles. The molecule has 0 saturated heterocycles. The molecule has 2 heterocycles. The van der Waals surface area contributed by atoms with Gasteiger partial charge in [-0.1, -0.05) is 23.5 Å². The number of carbonyl (C=O) groups excluding carboxylic acids is 1. The number of imidazole rings is 1. The van der Waals surface area contributed by atoms with Crippen LogP contribution in [-0.2, 0) is 4.74 Å². The Hall–Kier alpha value is -1.88. The van der Waals surface area contributed by atoms with Gasteiger partial charge in [0.1, 0.15) is 0 Å². The second-order valence-electron chi connectivity index (χ2n) is 3.95. The first-order valence-electron chi connectivity index (χ1n) is 5.76. The van der Waals surface area contributed by atoms with Crippen LogP contribution in [0, 0.1) is 6.92 Å². The highest BCUT2D eigenvalue weighted by atomic mass is 32.1. The van der Waals surface area contributed by atoms with Gasteiger partial charge in [0.05, 0.1) is 22.5 Å². The fourth-order valence-corrected chi connectivity index (χ4v) is 3.12. The molecular weight excluding hydrogens is 248 g/mol. The van der Waals surface area contributed by atoms with Crippen LogP contribution in [-0.4, -0.2) is 22.0 Å². The number of carbonyl (C=O) groups is 1. The number of fused-ring (bicyclic) bond motifs is 3. The summed E-state index contributed by atoms with van der Waals surface area (Å²) in [5.74, 6) is -0.352. The van der Waals surface area contributed by atoms with Crippen LogP contribution in [0.15, 0.2) is 24.3 Å². The minimum Gasteiger partial charge on any atom is -0.461 e. The van der Waals surface area contributed by atoms with Crippen molar-refractivity contribution in [2.45, 2.75) is 13.8 Å². The Morgan fingerprint density at radius 1 is 1.44 bits per heavy atom. The highest BCUT2D eigenvalue weighted by molar-refractivity contribution is 7.23. The van der Waals surface area contributed by atoms with E-state index in [9.17, 15) is 4.79 Å². The molecule has 0 bridgehead atoms. The summed E-state index contributed by atoms with van der Waals surface area (Å²) in [6, 6.07) is 8.07. The average molecular weight is 260 g/mol. The number of para-hydroxylation sites is 1. The van der Waals surface area contributed by atoms with Gasteiger partial charge < -0.3 is 4.74 Å². The van der Waals surface area contributed by atoms with Crippen LogP contribution in [0.5, 0.6) is 0 Å². The van der Waals surface area contributed by atoms with Gasteiger partial charge >= 0.3 is 5.97 Å². The SMILES string of the molecule is CCOC(=O)c1nc2sc3ccccc3n2c1C. The molecule has 0 N–H and O–H groups in total. The van der Waals surface area contributed by atoms with E-state index in [2.05, 4.69) is 11.1 Å². The highest BCUT2D eigenvalue weighted by Gasteiger charge is 2.19. The van der Waals surface area contributed by atoms with Crippen molar-refractivity contribution >= 4 is 32.5 Å². The number of esters is 1. The van der Waals surface area contributed by atoms with Gasteiger partial charge in [0.15, 0.2) is 10.7 Å². The summed E-state index contributed by atoms with van der Waals surface area (Å²) in [5.41, 5.74) is 2.33. The fourth-order valence-electron chi connectivity index (χ4n) is 2.05. The van der Waals surface area contributed by atoms with E-state index in [4.69, 9.17) is 4.74 Å². The number of rotatable bonds is 2. The van der Waals surface area contributed by atoms with E-state index in [-0.39, 0.29) is 5.97 Å². The monoisotopic (exact) mass is 260 g/mol. The van der Waals surface area contributed by atoms with Crippen LogP contribution in [0.2, 0.25) is 0 Å². The highest BCUT2D eigenvalue weighted by Crippen LogP contribution is 2.28. The van der Waals surface area contributed by atoms with Crippen molar-refractivity contribution in [2.24, 2.45) is 0 Å². The Morgan fingerprint density at radius 2 is 2.22 bits per heavy atom. The van der Waals surface area contributed by atoms with E-state index in [1.807, 2.05) is 29.5 Å². The molecule has 0 aliphatic carbocycles. The number of benzene rings is 1. The van der Waals surface area contributed by atoms with Crippen LogP contribution in [0.3, 0.4) is 0 Å². The Balaban J connectivity index is 2.26. The second kappa shape index (κ2) is 4.10. The van der Waals surface area contributed by atoms with Crippen LogP contribution >= 0.6 is 11.3 Å². The van der Waals surface area contributed by atoms with Crippen molar-refractivity contribution in [3.63, 3.8) is 0 Å². The third kappa shape index (κ3) is 1.51. The van der Waals surface area contributed by atoms with Crippen molar-refractivity contribution < 1.29 is 9.53 Å². The first-order chi connectivity index (χ1) is 8.72. The number of aromatic nitrogens is 2. The van der Waals surface area contributed by atoms with E-state index in [0.717, 1.165) is 16.2 Å². The lowest BCUT2D eigenvalue weighted by atomic mass is 10.3. The Kier molecular flexibility index (Phi) is 2.56. The van der Waals surface area contributed by atoms with Crippen molar-refractivity contribution in [1.82, 2.24) is 9.38 Å². The van der Waals surface area contributed by atoms with Gasteiger partial charge in [0, 0.05) is 0 Å². The van der Waals surface area contributed by atoms with Crippen molar-refractivity contribution in [2.75, 3.05) is 6.61 Å². The Morgan fingerprint density at radius 3 is 3.00 bits per heavy atom. The maximum Gasteiger partial charge on any atom is 0.358 e. The molecule has 0 unspecified atom stereocenters. The summed E-state index contributed by atoms with van der Waals surface area (Å²) in [6.45, 7) is 4.05. The Bertz CT molecular complexity index is 742. The standard InChI is InChI=1S/C13H12N2O2S/c1-3-17-12(16)11-8(2)15-9-6-4-5-7-10(9)18-13(15)14-11/h4-7H,3H2,1-2H3. The first kappa shape index (κ1) is 11.2. The van der Waals surface area contributed by atoms with E-state index in [1.165, 1.54) is 4.70 Å². The average Bonchev–Trinajstić information content (AvgIpc) is 2.87. The largest absolute Gasteiger partial charge is 0.461 e. The van der Waals surface area contributed by atoms with Gasteiger partial charge in [-0.25, -0.2) is 9.78 Å². The number of hydrogen-bond acceptors (Lipinski definition) is 4. The predicted octanol–water partition coefficient (Wildman–Crippen LogP) is 3.03. The zero-order valence-corrected chi connectivity index (χ0v) is 11.0. The number of ether oxygens (including phenoxy) is 1. The van der Waals surface area contributed by atoms with E-state index in [0.29, 0.717) is 12.3 Å². The minimum absolute atomic E-state index is 0.352. The third-order valence-corrected chi connectivity index (χ3v) is 3.87. The molecular formula is C13H12N2O2S. The lowest BCUT2D eigenvalue weighted by Gasteiger charge is -1.99. The molecule has 0 radical (unpaired) electrons. The van der Waals surface area contributed by atoms with Gasteiger partial charge in [-0.2, -0.15) is 0 Å². The molecule has 0 aliphatic heterocycles. The third-order valence-electron chi connectivity index (χ3n) is 2.85. The molecule has 3 rings (SSSR count). The Labute approximate surface area is 108 Å². The molecule has 0 atom stereocenters. The van der Waals surface area contributed by atoms with Crippen LogP contribution < -0.4 is 0 Å². The summed E-state index contributed by atoms with van der Waals surface area (Å²) >= 11 is 1.58. The van der Waals surface area contributed by atoms with E-state index in [1.54, 1.807) is 18.3 Å². The fraction of sp³-hybridized carbons (Fsp3) is 0.231. The molecule has 3 aromatic rings. The second-order valence-corrected chi connectivity index (χ2v) is 4.96. The van der Waals surface area contributed by atoms with E-state index < -0.39 is 0 Å². The molecule has 0 amide bonds. The van der Waals surface area contributed by atoms with Crippen molar-refractivity contribution in [3.05, 3.63) is 35.7 Å². The summed E-state index contributed by atoms with van der Waals surface area (Å²) in [5, 5.41) is 0. The quantitative estimate of drug-likeness (QED) is 0.665. The van der Waals surface area contributed by atoms with Gasteiger partial charge in [-0.05, 0) is 26.0 Å². The lowest BCUT2D eigenvalue weighted by Crippen LogP contribution is -2.07. The molecule has 0 aliphatic rings.